The molecule has 16 atom stereocenters. The van der Waals surface area contributed by atoms with E-state index in [1.165, 1.54) is 12.8 Å². The maximum Gasteiger partial charge on any atom is 0.309 e. The van der Waals surface area contributed by atoms with E-state index in [1.54, 1.807) is 12.2 Å². The predicted molar refractivity (Wildman–Crippen MR) is 232 cm³/mol. The first-order chi connectivity index (χ1) is 28.7. The second-order valence-corrected chi connectivity index (χ2v) is 22.8. The van der Waals surface area contributed by atoms with Gasteiger partial charge in [0.15, 0.2) is 0 Å². The standard InChI is InChI=1S/C54H70O6/c1-49-25-19-39-33-37(49)13-15-41-43(49)21-27-51(3)45(41)23-31-53(51,57)29-17-35-9-11-36(12-10-35)18-30-54(58)32-24-46-42-16-14-38-34-40(60-48(56)8-6-5-7-47(55)59-39)20-26-50(38,2)44(42)22-28-52(46,54)4/h5-6,9-12,37-46,57-58H,7-8,13-16,19-28,31-34H2,1-4H3/t37-,38-,39+,40+,41+,42+,43-,44-,45-,46-,49-,50-,51-,52-,53-,54-/m0/s1. The maximum atomic E-state index is 13.1. The van der Waals surface area contributed by atoms with Gasteiger partial charge in [0.2, 0.25) is 0 Å². The van der Waals surface area contributed by atoms with Gasteiger partial charge in [0, 0.05) is 22.0 Å². The molecule has 1 aromatic rings. The number of aliphatic hydroxyl groups is 2. The third-order valence-corrected chi connectivity index (χ3v) is 20.6. The van der Waals surface area contributed by atoms with E-state index in [2.05, 4.69) is 51.4 Å². The van der Waals surface area contributed by atoms with E-state index in [9.17, 15) is 19.8 Å². The summed E-state index contributed by atoms with van der Waals surface area (Å²) in [6.07, 6.45) is 22.1. The molecule has 6 nitrogen and oxygen atoms in total. The topological polar surface area (TPSA) is 93.1 Å². The Morgan fingerprint density at radius 1 is 0.517 bits per heavy atom. The quantitative estimate of drug-likeness (QED) is 0.154. The van der Waals surface area contributed by atoms with Crippen LogP contribution in [0.15, 0.2) is 36.4 Å². The summed E-state index contributed by atoms with van der Waals surface area (Å²) in [5.41, 5.74) is -0.237. The van der Waals surface area contributed by atoms with Gasteiger partial charge in [-0.25, -0.2) is 0 Å². The zero-order valence-electron chi connectivity index (χ0n) is 36.9. The zero-order valence-corrected chi connectivity index (χ0v) is 36.9. The Morgan fingerprint density at radius 2 is 0.917 bits per heavy atom. The van der Waals surface area contributed by atoms with Crippen molar-refractivity contribution < 1.29 is 29.3 Å². The summed E-state index contributed by atoms with van der Waals surface area (Å²) in [5, 5.41) is 24.7. The second-order valence-electron chi connectivity index (χ2n) is 22.8. The summed E-state index contributed by atoms with van der Waals surface area (Å²) in [4.78, 5) is 26.1. The van der Waals surface area contributed by atoms with Crippen molar-refractivity contribution in [1.82, 2.24) is 0 Å². The minimum absolute atomic E-state index is 0.0401. The fourth-order valence-electron chi connectivity index (χ4n) is 16.9. The lowest BCUT2D eigenvalue weighted by Crippen LogP contribution is -2.56. The molecule has 8 aliphatic carbocycles. The fourth-order valence-corrected chi connectivity index (χ4v) is 16.9. The van der Waals surface area contributed by atoms with Crippen molar-refractivity contribution in [1.29, 1.82) is 0 Å². The Kier molecular flexibility index (Phi) is 10.1. The molecule has 0 amide bonds. The fraction of sp³-hybridized carbons (Fsp3) is 0.741. The van der Waals surface area contributed by atoms with Crippen molar-refractivity contribution in [3.8, 4) is 23.7 Å². The van der Waals surface area contributed by atoms with Gasteiger partial charge in [-0.3, -0.25) is 9.59 Å². The van der Waals surface area contributed by atoms with Gasteiger partial charge in [-0.1, -0.05) is 63.5 Å². The van der Waals surface area contributed by atoms with Gasteiger partial charge in [0.1, 0.15) is 23.4 Å². The number of fused-ring (bicyclic) bond motifs is 2. The van der Waals surface area contributed by atoms with Gasteiger partial charge in [-0.2, -0.15) is 0 Å². The molecule has 0 radical (unpaired) electrons. The minimum Gasteiger partial charge on any atom is -0.462 e. The van der Waals surface area contributed by atoms with Crippen LogP contribution in [-0.2, 0) is 19.1 Å². The van der Waals surface area contributed by atoms with E-state index < -0.39 is 11.2 Å². The average molecular weight is 815 g/mol. The highest BCUT2D eigenvalue weighted by Gasteiger charge is 2.66. The van der Waals surface area contributed by atoms with Crippen LogP contribution in [0.25, 0.3) is 0 Å². The van der Waals surface area contributed by atoms with E-state index in [0.717, 1.165) is 114 Å². The molecule has 7 aliphatic heterocycles. The lowest BCUT2D eigenvalue weighted by Gasteiger charge is -2.61. The third-order valence-electron chi connectivity index (χ3n) is 20.6. The molecule has 8 fully saturated rings. The molecule has 0 saturated heterocycles. The molecule has 322 valence electrons. The van der Waals surface area contributed by atoms with Gasteiger partial charge in [-0.05, 0) is 198 Å². The molecule has 60 heavy (non-hydrogen) atoms. The van der Waals surface area contributed by atoms with Gasteiger partial charge < -0.3 is 19.7 Å². The summed E-state index contributed by atoms with van der Waals surface area (Å²) in [6, 6.07) is 8.14. The Bertz CT molecular complexity index is 1890. The van der Waals surface area contributed by atoms with Crippen molar-refractivity contribution >= 4 is 11.9 Å². The Balaban J connectivity index is 0.908. The largest absolute Gasteiger partial charge is 0.462 e. The first-order valence-corrected chi connectivity index (χ1v) is 24.3. The number of esters is 2. The number of benzene rings is 1. The summed E-state index contributed by atoms with van der Waals surface area (Å²) < 4.78 is 12.2. The molecular weight excluding hydrogens is 745 g/mol. The number of ether oxygens (including phenoxy) is 2. The van der Waals surface area contributed by atoms with E-state index in [0.29, 0.717) is 47.3 Å². The molecule has 6 heteroatoms. The average Bonchev–Trinajstić information content (AvgIpc) is 3.66. The third kappa shape index (κ3) is 6.41. The summed E-state index contributed by atoms with van der Waals surface area (Å²) in [5.74, 6) is 17.8. The number of hydrogen-bond acceptors (Lipinski definition) is 6. The van der Waals surface area contributed by atoms with Crippen molar-refractivity contribution in [2.75, 3.05) is 0 Å². The molecule has 15 aliphatic rings. The highest BCUT2D eigenvalue weighted by molar-refractivity contribution is 5.73. The molecule has 0 unspecified atom stereocenters. The highest BCUT2D eigenvalue weighted by atomic mass is 16.5. The molecule has 1 aromatic carbocycles. The zero-order chi connectivity index (χ0) is 41.7. The molecule has 8 saturated carbocycles. The van der Waals surface area contributed by atoms with Gasteiger partial charge in [0.05, 0.1) is 12.8 Å². The normalized spacial score (nSPS) is 49.5. The van der Waals surface area contributed by atoms with E-state index in [-0.39, 0.29) is 58.6 Å². The van der Waals surface area contributed by atoms with Crippen LogP contribution in [0.2, 0.25) is 0 Å². The lowest BCUT2D eigenvalue weighted by atomic mass is 9.44. The van der Waals surface area contributed by atoms with Crippen LogP contribution in [0.5, 0.6) is 0 Å². The number of hydrogen-bond donors (Lipinski definition) is 2. The molecule has 2 N–H and O–H groups in total. The Labute approximate surface area is 359 Å². The van der Waals surface area contributed by atoms with E-state index >= 15 is 0 Å². The smallest absolute Gasteiger partial charge is 0.309 e. The van der Waals surface area contributed by atoms with Crippen LogP contribution >= 0.6 is 0 Å². The molecule has 0 spiro atoms. The van der Waals surface area contributed by atoms with Crippen LogP contribution in [0.4, 0.5) is 0 Å². The summed E-state index contributed by atoms with van der Waals surface area (Å²) in [6.45, 7) is 9.69. The molecule has 16 rings (SSSR count). The first-order valence-electron chi connectivity index (χ1n) is 24.3. The van der Waals surface area contributed by atoms with Crippen LogP contribution in [0.1, 0.15) is 167 Å². The number of carbonyl (C=O) groups is 2. The van der Waals surface area contributed by atoms with Crippen molar-refractivity contribution in [3.63, 3.8) is 0 Å². The first kappa shape index (κ1) is 41.0. The summed E-state index contributed by atoms with van der Waals surface area (Å²) >= 11 is 0. The van der Waals surface area contributed by atoms with Crippen molar-refractivity contribution in [3.05, 3.63) is 47.5 Å². The van der Waals surface area contributed by atoms with Gasteiger partial charge in [-0.15, -0.1) is 0 Å². The van der Waals surface area contributed by atoms with Crippen LogP contribution < -0.4 is 0 Å². The molecule has 7 heterocycles. The molecule has 18 bridgehead atoms. The molecule has 0 aromatic heterocycles. The maximum absolute atomic E-state index is 13.1. The lowest BCUT2D eigenvalue weighted by molar-refractivity contribution is -0.166. The van der Waals surface area contributed by atoms with E-state index in [1.807, 2.05) is 24.3 Å². The monoisotopic (exact) mass is 815 g/mol. The number of rotatable bonds is 0. The number of carbonyl (C=O) groups excluding carboxylic acids is 2. The van der Waals surface area contributed by atoms with Crippen LogP contribution in [0.3, 0.4) is 0 Å². The predicted octanol–water partition coefficient (Wildman–Crippen LogP) is 10.1. The van der Waals surface area contributed by atoms with Crippen LogP contribution in [-0.4, -0.2) is 45.6 Å². The van der Waals surface area contributed by atoms with Crippen LogP contribution in [0, 0.1) is 92.7 Å². The van der Waals surface area contributed by atoms with E-state index in [4.69, 9.17) is 9.47 Å². The minimum atomic E-state index is -1.01. The SMILES string of the molecule is C[C@]12CC[C@@H]3C[C@@H]1CC[C@@H]1[C@@H]2CC[C@@]2(C)[C@H]1CC[C@@]2(O)C#Cc1ccc(cc1)C#C[C@]1(O)CC[C@H]2[C@@H]4CC[C@H]5C[C@@H](CC[C@]5(C)[C@H]4CC[C@@]21C)OC(=O)CC=CCC(=O)O3. The van der Waals surface area contributed by atoms with Gasteiger partial charge >= 0.3 is 11.9 Å². The Hall–Kier alpha value is -3.06. The van der Waals surface area contributed by atoms with Crippen molar-refractivity contribution in [2.45, 2.75) is 180 Å². The highest BCUT2D eigenvalue weighted by Crippen LogP contribution is 2.70. The second kappa shape index (κ2) is 14.8. The van der Waals surface area contributed by atoms with Crippen molar-refractivity contribution in [2.24, 2.45) is 69.0 Å². The van der Waals surface area contributed by atoms with Gasteiger partial charge in [0.25, 0.3) is 0 Å². The Morgan fingerprint density at radius 3 is 1.33 bits per heavy atom. The summed E-state index contributed by atoms with van der Waals surface area (Å²) in [7, 11) is 0. The molecular formula is C54H70O6.